The topological polar surface area (TPSA) is 12.0 Å². The molecule has 0 saturated heterocycles. The van der Waals surface area contributed by atoms with Gasteiger partial charge in [-0.15, -0.1) is 19.0 Å². The SMILES string of the molecule is C=CCNCc1ccc(CC)cc1.Cl. The minimum Gasteiger partial charge on any atom is -0.309 e. The van der Waals surface area contributed by atoms with Crippen molar-refractivity contribution in [3.8, 4) is 0 Å². The van der Waals surface area contributed by atoms with Gasteiger partial charge in [-0.05, 0) is 17.5 Å². The summed E-state index contributed by atoms with van der Waals surface area (Å²) in [4.78, 5) is 0. The molecule has 0 aliphatic rings. The van der Waals surface area contributed by atoms with Gasteiger partial charge in [0, 0.05) is 13.1 Å². The maximum atomic E-state index is 3.66. The highest BCUT2D eigenvalue weighted by molar-refractivity contribution is 5.85. The number of aryl methyl sites for hydroxylation is 1. The first kappa shape index (κ1) is 13.2. The van der Waals surface area contributed by atoms with Gasteiger partial charge in [0.1, 0.15) is 0 Å². The van der Waals surface area contributed by atoms with E-state index < -0.39 is 0 Å². The summed E-state index contributed by atoms with van der Waals surface area (Å²) in [5, 5.41) is 3.27. The van der Waals surface area contributed by atoms with E-state index in [-0.39, 0.29) is 12.4 Å². The van der Waals surface area contributed by atoms with Crippen LogP contribution in [0.4, 0.5) is 0 Å². The fraction of sp³-hybridized carbons (Fsp3) is 0.333. The summed E-state index contributed by atoms with van der Waals surface area (Å²) in [5.74, 6) is 0. The largest absolute Gasteiger partial charge is 0.309 e. The molecule has 0 aliphatic heterocycles. The molecule has 0 bridgehead atoms. The lowest BCUT2D eigenvalue weighted by atomic mass is 10.1. The van der Waals surface area contributed by atoms with Crippen molar-refractivity contribution in [2.45, 2.75) is 19.9 Å². The first-order valence-corrected chi connectivity index (χ1v) is 4.76. The van der Waals surface area contributed by atoms with Crippen molar-refractivity contribution in [2.75, 3.05) is 6.54 Å². The number of benzene rings is 1. The molecule has 1 aromatic rings. The van der Waals surface area contributed by atoms with E-state index in [1.165, 1.54) is 11.1 Å². The van der Waals surface area contributed by atoms with Gasteiger partial charge in [-0.1, -0.05) is 37.3 Å². The average molecular weight is 212 g/mol. The van der Waals surface area contributed by atoms with Gasteiger partial charge in [0.25, 0.3) is 0 Å². The number of hydrogen-bond acceptors (Lipinski definition) is 1. The van der Waals surface area contributed by atoms with E-state index in [0.29, 0.717) is 0 Å². The summed E-state index contributed by atoms with van der Waals surface area (Å²) in [6.07, 6.45) is 2.99. The number of hydrogen-bond donors (Lipinski definition) is 1. The van der Waals surface area contributed by atoms with Gasteiger partial charge < -0.3 is 5.32 Å². The summed E-state index contributed by atoms with van der Waals surface area (Å²) in [6, 6.07) is 8.72. The fourth-order valence-corrected chi connectivity index (χ4v) is 1.21. The predicted octanol–water partition coefficient (Wildman–Crippen LogP) is 2.95. The van der Waals surface area contributed by atoms with Crippen molar-refractivity contribution in [3.05, 3.63) is 48.0 Å². The van der Waals surface area contributed by atoms with Gasteiger partial charge in [0.15, 0.2) is 0 Å². The van der Waals surface area contributed by atoms with Crippen LogP contribution in [0.2, 0.25) is 0 Å². The quantitative estimate of drug-likeness (QED) is 0.584. The number of nitrogens with one attached hydrogen (secondary N) is 1. The molecule has 2 heteroatoms. The lowest BCUT2D eigenvalue weighted by Crippen LogP contribution is -2.12. The Kier molecular flexibility index (Phi) is 7.17. The van der Waals surface area contributed by atoms with Crippen molar-refractivity contribution in [2.24, 2.45) is 0 Å². The third kappa shape index (κ3) is 4.45. The van der Waals surface area contributed by atoms with Crippen molar-refractivity contribution in [3.63, 3.8) is 0 Å². The van der Waals surface area contributed by atoms with Gasteiger partial charge in [0.2, 0.25) is 0 Å². The summed E-state index contributed by atoms with van der Waals surface area (Å²) in [6.45, 7) is 7.63. The monoisotopic (exact) mass is 211 g/mol. The van der Waals surface area contributed by atoms with Crippen LogP contribution in [0.15, 0.2) is 36.9 Å². The van der Waals surface area contributed by atoms with Crippen molar-refractivity contribution >= 4 is 12.4 Å². The smallest absolute Gasteiger partial charge is 0.0208 e. The molecule has 1 nitrogen and oxygen atoms in total. The summed E-state index contributed by atoms with van der Waals surface area (Å²) in [7, 11) is 0. The molecule has 0 radical (unpaired) electrons. The molecule has 0 heterocycles. The number of rotatable bonds is 5. The van der Waals surface area contributed by atoms with E-state index in [9.17, 15) is 0 Å². The minimum absolute atomic E-state index is 0. The van der Waals surface area contributed by atoms with Crippen molar-refractivity contribution < 1.29 is 0 Å². The molecule has 0 atom stereocenters. The molecule has 1 N–H and O–H groups in total. The van der Waals surface area contributed by atoms with Gasteiger partial charge in [-0.3, -0.25) is 0 Å². The Bertz CT molecular complexity index is 254. The van der Waals surface area contributed by atoms with Crippen LogP contribution in [0, 0.1) is 0 Å². The molecule has 14 heavy (non-hydrogen) atoms. The van der Waals surface area contributed by atoms with E-state index in [1.54, 1.807) is 0 Å². The number of halogens is 1. The second-order valence-electron chi connectivity index (χ2n) is 3.09. The maximum absolute atomic E-state index is 3.66. The van der Waals surface area contributed by atoms with E-state index in [4.69, 9.17) is 0 Å². The van der Waals surface area contributed by atoms with Gasteiger partial charge >= 0.3 is 0 Å². The van der Waals surface area contributed by atoms with Gasteiger partial charge in [-0.2, -0.15) is 0 Å². The van der Waals surface area contributed by atoms with Crippen LogP contribution >= 0.6 is 12.4 Å². The molecule has 1 aromatic carbocycles. The summed E-state index contributed by atoms with van der Waals surface area (Å²) >= 11 is 0. The van der Waals surface area contributed by atoms with Crippen LogP contribution in [0.5, 0.6) is 0 Å². The highest BCUT2D eigenvalue weighted by Crippen LogP contribution is 2.04. The maximum Gasteiger partial charge on any atom is 0.0208 e. The van der Waals surface area contributed by atoms with Crippen molar-refractivity contribution in [1.29, 1.82) is 0 Å². The predicted molar refractivity (Wildman–Crippen MR) is 65.0 cm³/mol. The molecule has 0 unspecified atom stereocenters. The van der Waals surface area contributed by atoms with Gasteiger partial charge in [-0.25, -0.2) is 0 Å². The molecule has 0 amide bonds. The Hall–Kier alpha value is -0.790. The molecule has 0 aliphatic carbocycles. The zero-order valence-corrected chi connectivity index (χ0v) is 9.44. The first-order valence-electron chi connectivity index (χ1n) is 4.76. The molecule has 1 rings (SSSR count). The fourth-order valence-electron chi connectivity index (χ4n) is 1.21. The van der Waals surface area contributed by atoms with E-state index in [2.05, 4.69) is 43.1 Å². The van der Waals surface area contributed by atoms with Crippen LogP contribution in [0.1, 0.15) is 18.1 Å². The first-order chi connectivity index (χ1) is 6.36. The summed E-state index contributed by atoms with van der Waals surface area (Å²) < 4.78 is 0. The third-order valence-corrected chi connectivity index (χ3v) is 2.05. The zero-order chi connectivity index (χ0) is 9.52. The van der Waals surface area contributed by atoms with Crippen LogP contribution in [-0.4, -0.2) is 6.54 Å². The van der Waals surface area contributed by atoms with E-state index >= 15 is 0 Å². The molecule has 0 aromatic heterocycles. The van der Waals surface area contributed by atoms with E-state index in [1.807, 2.05) is 6.08 Å². The lowest BCUT2D eigenvalue weighted by Gasteiger charge is -2.02. The molecular formula is C12H18ClN. The minimum atomic E-state index is 0. The zero-order valence-electron chi connectivity index (χ0n) is 8.62. The lowest BCUT2D eigenvalue weighted by molar-refractivity contribution is 0.760. The highest BCUT2D eigenvalue weighted by atomic mass is 35.5. The molecule has 0 saturated carbocycles. The second-order valence-corrected chi connectivity index (χ2v) is 3.09. The van der Waals surface area contributed by atoms with Crippen LogP contribution in [0.25, 0.3) is 0 Å². The molecular weight excluding hydrogens is 194 g/mol. The normalized spacial score (nSPS) is 9.21. The standard InChI is InChI=1S/C12H17N.ClH/c1-3-9-13-10-12-7-5-11(4-2)6-8-12;/h3,5-8,13H,1,4,9-10H2,2H3;1H. The van der Waals surface area contributed by atoms with Crippen LogP contribution in [-0.2, 0) is 13.0 Å². The van der Waals surface area contributed by atoms with E-state index in [0.717, 1.165) is 19.5 Å². The highest BCUT2D eigenvalue weighted by Gasteiger charge is 1.91. The van der Waals surface area contributed by atoms with Gasteiger partial charge in [0.05, 0.1) is 0 Å². The Balaban J connectivity index is 0.00000169. The van der Waals surface area contributed by atoms with Crippen LogP contribution < -0.4 is 5.32 Å². The molecule has 0 fully saturated rings. The Labute approximate surface area is 92.6 Å². The third-order valence-electron chi connectivity index (χ3n) is 2.05. The second kappa shape index (κ2) is 7.60. The Morgan fingerprint density at radius 2 is 1.79 bits per heavy atom. The Morgan fingerprint density at radius 3 is 2.29 bits per heavy atom. The average Bonchev–Trinajstić information content (AvgIpc) is 2.19. The van der Waals surface area contributed by atoms with Crippen LogP contribution in [0.3, 0.4) is 0 Å². The summed E-state index contributed by atoms with van der Waals surface area (Å²) in [5.41, 5.74) is 2.73. The van der Waals surface area contributed by atoms with Crippen molar-refractivity contribution in [1.82, 2.24) is 5.32 Å². The Morgan fingerprint density at radius 1 is 1.21 bits per heavy atom. The molecule has 78 valence electrons. The molecule has 0 spiro atoms.